The Morgan fingerprint density at radius 1 is 1.07 bits per heavy atom. The third kappa shape index (κ3) is 4.37. The van der Waals surface area contributed by atoms with Gasteiger partial charge in [-0.2, -0.15) is 0 Å². The number of anilines is 1. The largest absolute Gasteiger partial charge is 0.358 e. The van der Waals surface area contributed by atoms with E-state index in [1.807, 2.05) is 19.9 Å². The maximum Gasteiger partial charge on any atom is 0.240 e. The summed E-state index contributed by atoms with van der Waals surface area (Å²) in [6, 6.07) is 12.3. The highest BCUT2D eigenvalue weighted by Crippen LogP contribution is 2.23. The molecular weight excluding hydrogens is 362 g/mol. The van der Waals surface area contributed by atoms with Crippen LogP contribution in [-0.2, 0) is 21.2 Å². The summed E-state index contributed by atoms with van der Waals surface area (Å²) in [5.74, 6) is -0.201. The number of fused-ring (bicyclic) bond motifs is 1. The van der Waals surface area contributed by atoms with Crippen molar-refractivity contribution in [2.24, 2.45) is 0 Å². The molecule has 0 bridgehead atoms. The summed E-state index contributed by atoms with van der Waals surface area (Å²) in [5, 5.41) is 3.75. The lowest BCUT2D eigenvalue weighted by Crippen LogP contribution is -2.26. The van der Waals surface area contributed by atoms with Crippen molar-refractivity contribution >= 4 is 32.5 Å². The maximum atomic E-state index is 12.5. The molecule has 0 spiro atoms. The molecule has 6 nitrogen and oxygen atoms in total. The number of aromatic amines is 1. The summed E-state index contributed by atoms with van der Waals surface area (Å²) in [6.45, 7) is 5.75. The lowest BCUT2D eigenvalue weighted by atomic mass is 10.1. The molecule has 0 aliphatic heterocycles. The minimum atomic E-state index is -3.61. The Morgan fingerprint density at radius 3 is 2.44 bits per heavy atom. The fraction of sp³-hybridized carbons (Fsp3) is 0.250. The Hall–Kier alpha value is -2.64. The molecule has 1 heterocycles. The van der Waals surface area contributed by atoms with Gasteiger partial charge in [0.15, 0.2) is 0 Å². The van der Waals surface area contributed by atoms with Gasteiger partial charge in [-0.15, -0.1) is 0 Å². The van der Waals surface area contributed by atoms with Crippen LogP contribution < -0.4 is 10.0 Å². The van der Waals surface area contributed by atoms with Crippen LogP contribution >= 0.6 is 0 Å². The molecule has 1 aromatic heterocycles. The van der Waals surface area contributed by atoms with Gasteiger partial charge in [-0.25, -0.2) is 13.1 Å². The van der Waals surface area contributed by atoms with Crippen molar-refractivity contribution in [1.29, 1.82) is 0 Å². The van der Waals surface area contributed by atoms with E-state index in [1.54, 1.807) is 12.1 Å². The number of aromatic nitrogens is 1. The zero-order valence-corrected chi connectivity index (χ0v) is 16.4. The van der Waals surface area contributed by atoms with Crippen molar-refractivity contribution in [2.45, 2.75) is 32.1 Å². The zero-order chi connectivity index (χ0) is 19.6. The van der Waals surface area contributed by atoms with Crippen LogP contribution in [0.2, 0.25) is 0 Å². The maximum absolute atomic E-state index is 12.5. The van der Waals surface area contributed by atoms with Crippen LogP contribution in [0, 0.1) is 13.8 Å². The smallest absolute Gasteiger partial charge is 0.240 e. The van der Waals surface area contributed by atoms with Gasteiger partial charge in [0.2, 0.25) is 15.9 Å². The summed E-state index contributed by atoms with van der Waals surface area (Å²) >= 11 is 0. The van der Waals surface area contributed by atoms with Crippen molar-refractivity contribution in [3.63, 3.8) is 0 Å². The van der Waals surface area contributed by atoms with Gasteiger partial charge < -0.3 is 10.3 Å². The molecule has 0 aliphatic carbocycles. The molecule has 0 radical (unpaired) electrons. The number of carbonyl (C=O) groups is 1. The molecule has 0 saturated carbocycles. The number of hydrogen-bond donors (Lipinski definition) is 3. The van der Waals surface area contributed by atoms with Crippen molar-refractivity contribution in [1.82, 2.24) is 9.71 Å². The molecule has 0 aliphatic rings. The van der Waals surface area contributed by atoms with Crippen molar-refractivity contribution in [3.05, 3.63) is 59.3 Å². The standard InChI is InChI=1S/C20H23N3O3S/c1-13-4-9-20-19(12-13)18(14(2)22-20)10-11-21-27(25,26)17-7-5-16(6-8-17)23-15(3)24/h4-9,12,21-22H,10-11H2,1-3H3,(H,23,24). The molecule has 0 saturated heterocycles. The molecule has 3 aromatic rings. The first-order valence-electron chi connectivity index (χ1n) is 8.71. The van der Waals surface area contributed by atoms with E-state index < -0.39 is 10.0 Å². The van der Waals surface area contributed by atoms with Gasteiger partial charge in [-0.1, -0.05) is 11.6 Å². The van der Waals surface area contributed by atoms with E-state index in [4.69, 9.17) is 0 Å². The molecule has 1 amide bonds. The monoisotopic (exact) mass is 385 g/mol. The van der Waals surface area contributed by atoms with Gasteiger partial charge in [-0.3, -0.25) is 4.79 Å². The van der Waals surface area contributed by atoms with E-state index in [2.05, 4.69) is 27.2 Å². The van der Waals surface area contributed by atoms with Gasteiger partial charge >= 0.3 is 0 Å². The minimum absolute atomic E-state index is 0.170. The van der Waals surface area contributed by atoms with Crippen molar-refractivity contribution in [3.8, 4) is 0 Å². The van der Waals surface area contributed by atoms with Gasteiger partial charge in [0.25, 0.3) is 0 Å². The molecular formula is C20H23N3O3S. The molecule has 142 valence electrons. The highest BCUT2D eigenvalue weighted by molar-refractivity contribution is 7.89. The number of hydrogen-bond acceptors (Lipinski definition) is 3. The van der Waals surface area contributed by atoms with Crippen LogP contribution in [0.25, 0.3) is 10.9 Å². The minimum Gasteiger partial charge on any atom is -0.358 e. The van der Waals surface area contributed by atoms with Crippen LogP contribution in [0.15, 0.2) is 47.4 Å². The van der Waals surface area contributed by atoms with Crippen LogP contribution in [0.4, 0.5) is 5.69 Å². The Balaban J connectivity index is 1.70. The number of nitrogens with one attached hydrogen (secondary N) is 3. The third-order valence-electron chi connectivity index (χ3n) is 4.43. The summed E-state index contributed by atoms with van der Waals surface area (Å²) in [7, 11) is -3.61. The fourth-order valence-corrected chi connectivity index (χ4v) is 4.16. The Morgan fingerprint density at radius 2 is 1.78 bits per heavy atom. The highest BCUT2D eigenvalue weighted by atomic mass is 32.2. The van der Waals surface area contributed by atoms with E-state index in [1.165, 1.54) is 24.6 Å². The highest BCUT2D eigenvalue weighted by Gasteiger charge is 2.15. The zero-order valence-electron chi connectivity index (χ0n) is 15.6. The normalized spacial score (nSPS) is 11.7. The topological polar surface area (TPSA) is 91.1 Å². The Bertz CT molecular complexity index is 1080. The summed E-state index contributed by atoms with van der Waals surface area (Å²) < 4.78 is 27.6. The third-order valence-corrected chi connectivity index (χ3v) is 5.90. The second kappa shape index (κ2) is 7.54. The molecule has 7 heteroatoms. The predicted octanol–water partition coefficient (Wildman–Crippen LogP) is 3.26. The second-order valence-corrected chi connectivity index (χ2v) is 8.40. The van der Waals surface area contributed by atoms with Crippen molar-refractivity contribution in [2.75, 3.05) is 11.9 Å². The van der Waals surface area contributed by atoms with Crippen LogP contribution in [-0.4, -0.2) is 25.9 Å². The van der Waals surface area contributed by atoms with Gasteiger partial charge in [0, 0.05) is 35.8 Å². The number of aryl methyl sites for hydroxylation is 2. The Kier molecular flexibility index (Phi) is 5.34. The van der Waals surface area contributed by atoms with Crippen LogP contribution in [0.1, 0.15) is 23.7 Å². The van der Waals surface area contributed by atoms with E-state index in [0.29, 0.717) is 18.7 Å². The predicted molar refractivity (Wildman–Crippen MR) is 107 cm³/mol. The van der Waals surface area contributed by atoms with E-state index in [0.717, 1.165) is 22.2 Å². The summed E-state index contributed by atoms with van der Waals surface area (Å²) in [4.78, 5) is 14.6. The number of carbonyl (C=O) groups excluding carboxylic acids is 1. The molecule has 0 fully saturated rings. The summed E-state index contributed by atoms with van der Waals surface area (Å²) in [5.41, 5.74) is 4.96. The van der Waals surface area contributed by atoms with Crippen LogP contribution in [0.3, 0.4) is 0 Å². The van der Waals surface area contributed by atoms with E-state index in [-0.39, 0.29) is 10.8 Å². The number of rotatable bonds is 6. The van der Waals surface area contributed by atoms with Gasteiger partial charge in [0.1, 0.15) is 0 Å². The van der Waals surface area contributed by atoms with Gasteiger partial charge in [0.05, 0.1) is 4.90 Å². The number of benzene rings is 2. The Labute approximate surface area is 159 Å². The number of H-pyrrole nitrogens is 1. The quantitative estimate of drug-likeness (QED) is 0.608. The first-order valence-corrected chi connectivity index (χ1v) is 10.2. The lowest BCUT2D eigenvalue weighted by Gasteiger charge is -2.08. The van der Waals surface area contributed by atoms with E-state index >= 15 is 0 Å². The van der Waals surface area contributed by atoms with Crippen LogP contribution in [0.5, 0.6) is 0 Å². The lowest BCUT2D eigenvalue weighted by molar-refractivity contribution is -0.114. The average Bonchev–Trinajstić information content (AvgIpc) is 2.90. The first kappa shape index (κ1) is 19.1. The number of sulfonamides is 1. The molecule has 0 unspecified atom stereocenters. The second-order valence-electron chi connectivity index (χ2n) is 6.63. The average molecular weight is 385 g/mol. The van der Waals surface area contributed by atoms with E-state index in [9.17, 15) is 13.2 Å². The molecule has 27 heavy (non-hydrogen) atoms. The molecule has 2 aromatic carbocycles. The molecule has 3 N–H and O–H groups in total. The molecule has 0 atom stereocenters. The first-order chi connectivity index (χ1) is 12.8. The molecule has 3 rings (SSSR count). The fourth-order valence-electron chi connectivity index (χ4n) is 3.13. The SMILES string of the molecule is CC(=O)Nc1ccc(S(=O)(=O)NCCc2c(C)[nH]c3ccc(C)cc23)cc1. The summed E-state index contributed by atoms with van der Waals surface area (Å²) in [6.07, 6.45) is 0.596. The van der Waals surface area contributed by atoms with Gasteiger partial charge in [-0.05, 0) is 62.2 Å². The number of amides is 1. The van der Waals surface area contributed by atoms with Crippen molar-refractivity contribution < 1.29 is 13.2 Å².